The molecule has 186 valence electrons. The summed E-state index contributed by atoms with van der Waals surface area (Å²) in [5.41, 5.74) is 2.72. The lowest BCUT2D eigenvalue weighted by Gasteiger charge is -2.09. The highest BCUT2D eigenvalue weighted by Crippen LogP contribution is 2.39. The van der Waals surface area contributed by atoms with Crippen molar-refractivity contribution in [3.8, 4) is 5.88 Å². The van der Waals surface area contributed by atoms with Crippen molar-refractivity contribution in [1.29, 1.82) is 0 Å². The largest absolute Gasteiger partial charge is 0.493 e. The first kappa shape index (κ1) is 26.4. The number of fused-ring (bicyclic) bond motifs is 1. The number of aryl methyl sites for hydroxylation is 2. The molecule has 0 saturated carbocycles. The van der Waals surface area contributed by atoms with E-state index in [4.69, 9.17) is 11.6 Å². The van der Waals surface area contributed by atoms with Gasteiger partial charge in [-0.1, -0.05) is 55.6 Å². The molecule has 1 heterocycles. The van der Waals surface area contributed by atoms with Crippen LogP contribution in [0.3, 0.4) is 0 Å². The molecule has 0 aliphatic heterocycles. The smallest absolute Gasteiger partial charge is 0.264 e. The van der Waals surface area contributed by atoms with Crippen LogP contribution in [0.2, 0.25) is 5.02 Å². The van der Waals surface area contributed by atoms with Crippen LogP contribution in [-0.4, -0.2) is 28.0 Å². The van der Waals surface area contributed by atoms with Gasteiger partial charge < -0.3 is 15.0 Å². The zero-order valence-electron chi connectivity index (χ0n) is 20.6. The van der Waals surface area contributed by atoms with E-state index in [9.17, 15) is 14.7 Å². The van der Waals surface area contributed by atoms with E-state index in [0.29, 0.717) is 41.7 Å². The second-order valence-electron chi connectivity index (χ2n) is 9.17. The Kier molecular flexibility index (Phi) is 9.43. The lowest BCUT2D eigenvalue weighted by atomic mass is 10.1. The second kappa shape index (κ2) is 12.5. The molecule has 2 aromatic carbocycles. The van der Waals surface area contributed by atoms with E-state index in [1.807, 2.05) is 29.7 Å². The Morgan fingerprint density at radius 1 is 1.11 bits per heavy atom. The van der Waals surface area contributed by atoms with Gasteiger partial charge in [0.2, 0.25) is 5.88 Å². The fourth-order valence-corrected chi connectivity index (χ4v) is 4.05. The predicted octanol–water partition coefficient (Wildman–Crippen LogP) is 6.96. The maximum atomic E-state index is 12.3. The van der Waals surface area contributed by atoms with Gasteiger partial charge in [-0.2, -0.15) is 0 Å². The molecular weight excluding hydrogens is 464 g/mol. The summed E-state index contributed by atoms with van der Waals surface area (Å²) in [6.45, 7) is 7.42. The van der Waals surface area contributed by atoms with Crippen LogP contribution in [0.5, 0.6) is 5.88 Å². The average Bonchev–Trinajstić information content (AvgIpc) is 3.08. The van der Waals surface area contributed by atoms with Crippen molar-refractivity contribution in [1.82, 2.24) is 9.88 Å². The SMILES string of the molecule is Cc1ccc2c(c1)c(N=NC(=O)CCCCCNC(=O)c1ccccc1Cl)c(O)n2CCC(C)C. The number of hydrogen-bond donors (Lipinski definition) is 2. The molecule has 0 fully saturated rings. The zero-order chi connectivity index (χ0) is 25.4. The van der Waals surface area contributed by atoms with E-state index in [-0.39, 0.29) is 24.1 Å². The van der Waals surface area contributed by atoms with Gasteiger partial charge in [-0.25, -0.2) is 0 Å². The molecule has 3 aromatic rings. The molecule has 7 nitrogen and oxygen atoms in total. The summed E-state index contributed by atoms with van der Waals surface area (Å²) >= 11 is 6.03. The highest BCUT2D eigenvalue weighted by molar-refractivity contribution is 6.33. The third-order valence-electron chi connectivity index (χ3n) is 5.83. The highest BCUT2D eigenvalue weighted by atomic mass is 35.5. The molecule has 0 atom stereocenters. The number of rotatable bonds is 11. The van der Waals surface area contributed by atoms with Crippen LogP contribution in [0, 0.1) is 12.8 Å². The molecule has 0 saturated heterocycles. The summed E-state index contributed by atoms with van der Waals surface area (Å²) in [6.07, 6.45) is 3.32. The van der Waals surface area contributed by atoms with Gasteiger partial charge in [0.25, 0.3) is 11.8 Å². The Balaban J connectivity index is 1.51. The van der Waals surface area contributed by atoms with Gasteiger partial charge in [0, 0.05) is 24.9 Å². The van der Waals surface area contributed by atoms with Crippen molar-refractivity contribution in [2.45, 2.75) is 59.4 Å². The monoisotopic (exact) mass is 496 g/mol. The lowest BCUT2D eigenvalue weighted by Crippen LogP contribution is -2.24. The first-order chi connectivity index (χ1) is 16.8. The average molecular weight is 497 g/mol. The van der Waals surface area contributed by atoms with Gasteiger partial charge in [-0.05, 0) is 56.4 Å². The number of nitrogens with zero attached hydrogens (tertiary/aromatic N) is 3. The summed E-state index contributed by atoms with van der Waals surface area (Å²) in [7, 11) is 0. The van der Waals surface area contributed by atoms with Gasteiger partial charge in [0.1, 0.15) is 0 Å². The van der Waals surface area contributed by atoms with Crippen LogP contribution in [-0.2, 0) is 11.3 Å². The first-order valence-corrected chi connectivity index (χ1v) is 12.4. The maximum absolute atomic E-state index is 12.3. The molecule has 2 N–H and O–H groups in total. The van der Waals surface area contributed by atoms with Crippen LogP contribution in [0.25, 0.3) is 10.9 Å². The molecule has 35 heavy (non-hydrogen) atoms. The van der Waals surface area contributed by atoms with Gasteiger partial charge in [-0.3, -0.25) is 9.59 Å². The fourth-order valence-electron chi connectivity index (χ4n) is 3.83. The quantitative estimate of drug-likeness (QED) is 0.222. The summed E-state index contributed by atoms with van der Waals surface area (Å²) in [6, 6.07) is 12.8. The van der Waals surface area contributed by atoms with E-state index in [0.717, 1.165) is 35.7 Å². The Bertz CT molecular complexity index is 1220. The third kappa shape index (κ3) is 7.15. The molecule has 1 aromatic heterocycles. The van der Waals surface area contributed by atoms with E-state index >= 15 is 0 Å². The molecule has 3 rings (SSSR count). The number of benzene rings is 2. The van der Waals surface area contributed by atoms with Crippen molar-refractivity contribution >= 4 is 40.0 Å². The second-order valence-corrected chi connectivity index (χ2v) is 9.57. The van der Waals surface area contributed by atoms with Gasteiger partial charge in [0.15, 0.2) is 5.69 Å². The molecule has 0 radical (unpaired) electrons. The van der Waals surface area contributed by atoms with Crippen molar-refractivity contribution in [2.24, 2.45) is 16.1 Å². The number of unbranched alkanes of at least 4 members (excludes halogenated alkanes) is 2. The lowest BCUT2D eigenvalue weighted by molar-refractivity contribution is -0.118. The van der Waals surface area contributed by atoms with Crippen LogP contribution in [0.4, 0.5) is 5.69 Å². The molecule has 0 aliphatic rings. The minimum atomic E-state index is -0.333. The zero-order valence-corrected chi connectivity index (χ0v) is 21.3. The third-order valence-corrected chi connectivity index (χ3v) is 6.16. The number of carbonyl (C=O) groups is 2. The standard InChI is InChI=1S/C27H33ClN4O3/c1-18(2)14-16-32-23-13-12-19(3)17-21(23)25(27(32)35)31-30-24(33)11-5-4-8-15-29-26(34)20-9-6-7-10-22(20)28/h6-7,9-10,12-13,17-18,35H,4-5,8,11,14-16H2,1-3H3,(H,29,34). The summed E-state index contributed by atoms with van der Waals surface area (Å²) in [5.74, 6) is -0.00575. The van der Waals surface area contributed by atoms with E-state index < -0.39 is 0 Å². The Morgan fingerprint density at radius 2 is 1.89 bits per heavy atom. The number of carbonyl (C=O) groups excluding carboxylic acids is 2. The molecule has 2 amide bonds. The number of nitrogens with one attached hydrogen (secondary N) is 1. The Labute approximate surface area is 211 Å². The molecule has 0 bridgehead atoms. The number of azo groups is 1. The van der Waals surface area contributed by atoms with Crippen molar-refractivity contribution in [2.75, 3.05) is 6.54 Å². The number of aromatic hydroxyl groups is 1. The minimum absolute atomic E-state index is 0.0389. The molecule has 0 aliphatic carbocycles. The Hall–Kier alpha value is -3.19. The summed E-state index contributed by atoms with van der Waals surface area (Å²) in [4.78, 5) is 24.4. The van der Waals surface area contributed by atoms with Gasteiger partial charge in [0.05, 0.1) is 16.1 Å². The summed E-state index contributed by atoms with van der Waals surface area (Å²) < 4.78 is 1.84. The normalized spacial score (nSPS) is 11.6. The minimum Gasteiger partial charge on any atom is -0.493 e. The molecule has 8 heteroatoms. The number of hydrogen-bond acceptors (Lipinski definition) is 4. The van der Waals surface area contributed by atoms with Gasteiger partial charge >= 0.3 is 0 Å². The van der Waals surface area contributed by atoms with Crippen molar-refractivity contribution in [3.63, 3.8) is 0 Å². The first-order valence-electron chi connectivity index (χ1n) is 12.1. The van der Waals surface area contributed by atoms with Crippen LogP contribution < -0.4 is 5.32 Å². The van der Waals surface area contributed by atoms with Gasteiger partial charge in [-0.15, -0.1) is 10.2 Å². The summed E-state index contributed by atoms with van der Waals surface area (Å²) in [5, 5.41) is 22.9. The molecule has 0 spiro atoms. The van der Waals surface area contributed by atoms with Crippen molar-refractivity contribution in [3.05, 3.63) is 58.6 Å². The number of amides is 2. The topological polar surface area (TPSA) is 96.1 Å². The fraction of sp³-hybridized carbons (Fsp3) is 0.407. The molecular formula is C27H33ClN4O3. The number of aromatic nitrogens is 1. The Morgan fingerprint density at radius 3 is 2.63 bits per heavy atom. The molecule has 0 unspecified atom stereocenters. The van der Waals surface area contributed by atoms with E-state index in [1.54, 1.807) is 24.3 Å². The predicted molar refractivity (Wildman–Crippen MR) is 140 cm³/mol. The van der Waals surface area contributed by atoms with Crippen LogP contribution >= 0.6 is 11.6 Å². The highest BCUT2D eigenvalue weighted by Gasteiger charge is 2.17. The maximum Gasteiger partial charge on any atom is 0.264 e. The number of halogens is 1. The van der Waals surface area contributed by atoms with Crippen molar-refractivity contribution < 1.29 is 14.7 Å². The van der Waals surface area contributed by atoms with E-state index in [2.05, 4.69) is 29.4 Å². The van der Waals surface area contributed by atoms with Crippen LogP contribution in [0.1, 0.15) is 61.9 Å². The van der Waals surface area contributed by atoms with E-state index in [1.165, 1.54) is 0 Å². The van der Waals surface area contributed by atoms with Crippen LogP contribution in [0.15, 0.2) is 52.7 Å².